The first-order valence-corrected chi connectivity index (χ1v) is 4.91. The lowest BCUT2D eigenvalue weighted by Gasteiger charge is -2.08. The van der Waals surface area contributed by atoms with E-state index in [1.165, 1.54) is 19.1 Å². The number of hydrogen-bond acceptors (Lipinski definition) is 1. The van der Waals surface area contributed by atoms with E-state index in [2.05, 4.69) is 5.32 Å². The monoisotopic (exact) mass is 249 g/mol. The number of benzene rings is 1. The summed E-state index contributed by atoms with van der Waals surface area (Å²) < 4.78 is 48.4. The molecular formula is C11H11F4NO. The summed E-state index contributed by atoms with van der Waals surface area (Å²) >= 11 is 0. The summed E-state index contributed by atoms with van der Waals surface area (Å²) in [5, 5.41) is 2.12. The van der Waals surface area contributed by atoms with Gasteiger partial charge in [0.2, 0.25) is 0 Å². The Hall–Kier alpha value is -1.59. The maximum Gasteiger partial charge on any atom is 0.390 e. The number of amides is 1. The molecule has 2 nitrogen and oxygen atoms in total. The Labute approximate surface area is 95.6 Å². The highest BCUT2D eigenvalue weighted by atomic mass is 19.4. The van der Waals surface area contributed by atoms with Crippen LogP contribution in [0, 0.1) is 12.7 Å². The second-order valence-electron chi connectivity index (χ2n) is 3.59. The van der Waals surface area contributed by atoms with Crippen LogP contribution in [0.1, 0.15) is 22.3 Å². The maximum atomic E-state index is 12.9. The summed E-state index contributed by atoms with van der Waals surface area (Å²) in [6.07, 6.45) is -5.38. The fourth-order valence-corrected chi connectivity index (χ4v) is 1.21. The van der Waals surface area contributed by atoms with E-state index < -0.39 is 30.9 Å². The van der Waals surface area contributed by atoms with Crippen LogP contribution in [-0.4, -0.2) is 18.6 Å². The molecule has 17 heavy (non-hydrogen) atoms. The van der Waals surface area contributed by atoms with E-state index in [-0.39, 0.29) is 11.1 Å². The molecule has 1 amide bonds. The molecule has 0 bridgehead atoms. The molecule has 0 aliphatic rings. The summed E-state index contributed by atoms with van der Waals surface area (Å²) in [5.74, 6) is -1.10. The predicted octanol–water partition coefficient (Wildman–Crippen LogP) is 2.82. The van der Waals surface area contributed by atoms with Crippen molar-refractivity contribution >= 4 is 5.91 Å². The minimum absolute atomic E-state index is 0.145. The van der Waals surface area contributed by atoms with Gasteiger partial charge in [-0.05, 0) is 30.7 Å². The topological polar surface area (TPSA) is 29.1 Å². The highest BCUT2D eigenvalue weighted by Crippen LogP contribution is 2.18. The van der Waals surface area contributed by atoms with Gasteiger partial charge in [-0.2, -0.15) is 13.2 Å². The number of nitrogens with one attached hydrogen (secondary N) is 1. The van der Waals surface area contributed by atoms with Gasteiger partial charge >= 0.3 is 6.18 Å². The number of alkyl halides is 3. The molecule has 0 unspecified atom stereocenters. The minimum Gasteiger partial charge on any atom is -0.352 e. The lowest BCUT2D eigenvalue weighted by Crippen LogP contribution is -2.27. The third kappa shape index (κ3) is 4.42. The first-order valence-electron chi connectivity index (χ1n) is 4.91. The molecule has 1 N–H and O–H groups in total. The number of aryl methyl sites for hydroxylation is 1. The molecule has 0 saturated carbocycles. The average Bonchev–Trinajstić information content (AvgIpc) is 2.20. The molecule has 0 radical (unpaired) electrons. The molecule has 0 aliphatic heterocycles. The molecule has 0 fully saturated rings. The first kappa shape index (κ1) is 13.5. The Morgan fingerprint density at radius 3 is 2.53 bits per heavy atom. The van der Waals surface area contributed by atoms with Gasteiger partial charge in [0.15, 0.2) is 0 Å². The molecule has 0 aromatic heterocycles. The van der Waals surface area contributed by atoms with Crippen molar-refractivity contribution in [3.63, 3.8) is 0 Å². The zero-order chi connectivity index (χ0) is 13.1. The summed E-state index contributed by atoms with van der Waals surface area (Å²) in [7, 11) is 0. The van der Waals surface area contributed by atoms with Crippen molar-refractivity contribution in [2.75, 3.05) is 6.54 Å². The van der Waals surface area contributed by atoms with Crippen LogP contribution in [0.4, 0.5) is 17.6 Å². The summed E-state index contributed by atoms with van der Waals surface area (Å²) in [5.41, 5.74) is 0.416. The van der Waals surface area contributed by atoms with Crippen LogP contribution in [0.5, 0.6) is 0 Å². The van der Waals surface area contributed by atoms with Crippen molar-refractivity contribution in [2.45, 2.75) is 19.5 Å². The normalized spacial score (nSPS) is 11.4. The molecule has 0 atom stereocenters. The smallest absolute Gasteiger partial charge is 0.352 e. The van der Waals surface area contributed by atoms with Gasteiger partial charge in [-0.1, -0.05) is 0 Å². The largest absolute Gasteiger partial charge is 0.390 e. The Morgan fingerprint density at radius 2 is 2.00 bits per heavy atom. The minimum atomic E-state index is -4.30. The number of carbonyl (C=O) groups is 1. The van der Waals surface area contributed by atoms with E-state index in [0.717, 1.165) is 6.07 Å². The lowest BCUT2D eigenvalue weighted by molar-refractivity contribution is -0.132. The van der Waals surface area contributed by atoms with Crippen molar-refractivity contribution in [3.05, 3.63) is 35.1 Å². The van der Waals surface area contributed by atoms with Crippen LogP contribution in [-0.2, 0) is 0 Å². The van der Waals surface area contributed by atoms with Crippen LogP contribution in [0.3, 0.4) is 0 Å². The molecule has 1 rings (SSSR count). The zero-order valence-corrected chi connectivity index (χ0v) is 9.07. The van der Waals surface area contributed by atoms with E-state index in [1.54, 1.807) is 0 Å². The first-order chi connectivity index (χ1) is 7.79. The van der Waals surface area contributed by atoms with E-state index in [4.69, 9.17) is 0 Å². The van der Waals surface area contributed by atoms with Gasteiger partial charge in [0.05, 0.1) is 6.42 Å². The van der Waals surface area contributed by atoms with Crippen molar-refractivity contribution in [2.24, 2.45) is 0 Å². The second-order valence-corrected chi connectivity index (χ2v) is 3.59. The SMILES string of the molecule is Cc1cc(C(=O)NCCC(F)(F)F)ccc1F. The van der Waals surface area contributed by atoms with Crippen LogP contribution in [0.25, 0.3) is 0 Å². The summed E-state index contributed by atoms with van der Waals surface area (Å²) in [6.45, 7) is 0.987. The number of carbonyl (C=O) groups excluding carboxylic acids is 1. The number of halogens is 4. The van der Waals surface area contributed by atoms with Gasteiger partial charge in [-0.25, -0.2) is 4.39 Å². The van der Waals surface area contributed by atoms with Crippen LogP contribution in [0.2, 0.25) is 0 Å². The standard InChI is InChI=1S/C11H11F4NO/c1-7-6-8(2-3-9(7)12)10(17)16-5-4-11(13,14)15/h2-3,6H,4-5H2,1H3,(H,16,17). The van der Waals surface area contributed by atoms with Crippen molar-refractivity contribution in [1.82, 2.24) is 5.32 Å². The van der Waals surface area contributed by atoms with E-state index in [0.29, 0.717) is 0 Å². The number of hydrogen-bond donors (Lipinski definition) is 1. The van der Waals surface area contributed by atoms with Gasteiger partial charge in [-0.3, -0.25) is 4.79 Å². The fourth-order valence-electron chi connectivity index (χ4n) is 1.21. The van der Waals surface area contributed by atoms with Gasteiger partial charge in [-0.15, -0.1) is 0 Å². The third-order valence-corrected chi connectivity index (χ3v) is 2.11. The average molecular weight is 249 g/mol. The molecule has 0 heterocycles. The lowest BCUT2D eigenvalue weighted by atomic mass is 10.1. The van der Waals surface area contributed by atoms with Gasteiger partial charge in [0.25, 0.3) is 5.91 Å². The predicted molar refractivity (Wildman–Crippen MR) is 54.1 cm³/mol. The zero-order valence-electron chi connectivity index (χ0n) is 9.07. The van der Waals surface area contributed by atoms with Crippen LogP contribution in [0.15, 0.2) is 18.2 Å². The van der Waals surface area contributed by atoms with E-state index in [1.807, 2.05) is 0 Å². The second kappa shape index (κ2) is 5.16. The van der Waals surface area contributed by atoms with Gasteiger partial charge in [0, 0.05) is 12.1 Å². The Balaban J connectivity index is 2.56. The molecule has 0 spiro atoms. The number of rotatable bonds is 3. The molecule has 0 saturated heterocycles. The molecule has 1 aromatic rings. The highest BCUT2D eigenvalue weighted by Gasteiger charge is 2.26. The van der Waals surface area contributed by atoms with Crippen molar-refractivity contribution in [3.8, 4) is 0 Å². The summed E-state index contributed by atoms with van der Waals surface area (Å²) in [4.78, 5) is 11.4. The highest BCUT2D eigenvalue weighted by molar-refractivity contribution is 5.94. The van der Waals surface area contributed by atoms with Crippen LogP contribution >= 0.6 is 0 Å². The quantitative estimate of drug-likeness (QED) is 0.820. The van der Waals surface area contributed by atoms with E-state index in [9.17, 15) is 22.4 Å². The van der Waals surface area contributed by atoms with Gasteiger partial charge < -0.3 is 5.32 Å². The fraction of sp³-hybridized carbons (Fsp3) is 0.364. The molecule has 6 heteroatoms. The van der Waals surface area contributed by atoms with Crippen molar-refractivity contribution < 1.29 is 22.4 Å². The Morgan fingerprint density at radius 1 is 1.35 bits per heavy atom. The van der Waals surface area contributed by atoms with E-state index >= 15 is 0 Å². The van der Waals surface area contributed by atoms with Crippen LogP contribution < -0.4 is 5.32 Å². The Bertz CT molecular complexity index is 414. The molecule has 0 aliphatic carbocycles. The summed E-state index contributed by atoms with van der Waals surface area (Å²) in [6, 6.07) is 3.62. The van der Waals surface area contributed by atoms with Crippen molar-refractivity contribution in [1.29, 1.82) is 0 Å². The molecule has 1 aromatic carbocycles. The molecular weight excluding hydrogens is 238 g/mol. The maximum absolute atomic E-state index is 12.9. The third-order valence-electron chi connectivity index (χ3n) is 2.11. The van der Waals surface area contributed by atoms with Gasteiger partial charge in [0.1, 0.15) is 5.82 Å². The Kier molecular flexibility index (Phi) is 4.09. The molecule has 94 valence electrons.